The molecule has 4 rings (SSSR count). The molecular weight excluding hydrogens is 544 g/mol. The van der Waals surface area contributed by atoms with E-state index in [0.29, 0.717) is 50.1 Å². The van der Waals surface area contributed by atoms with Crippen LogP contribution < -0.4 is 15.5 Å². The number of fused-ring (bicyclic) bond motifs is 1. The zero-order valence-corrected chi connectivity index (χ0v) is 22.5. The van der Waals surface area contributed by atoms with Crippen LogP contribution in [-0.4, -0.2) is 97.3 Å². The molecular formula is C24H28N8O7S. The van der Waals surface area contributed by atoms with Crippen LogP contribution in [0.1, 0.15) is 33.6 Å². The SMILES string of the molecule is CN1CCN(Cc2cc3c(nc2C=O)N(C(=O)Nc2cc(NCCOS(=O)(=O)O)c(C#N)cn2)CCC3)C(=O)C1. The van der Waals surface area contributed by atoms with E-state index in [0.717, 1.165) is 12.1 Å². The van der Waals surface area contributed by atoms with Crippen molar-refractivity contribution >= 4 is 45.9 Å². The van der Waals surface area contributed by atoms with E-state index in [1.54, 1.807) is 4.90 Å². The second kappa shape index (κ2) is 12.3. The Bertz CT molecular complexity index is 1460. The van der Waals surface area contributed by atoms with E-state index >= 15 is 0 Å². The molecule has 0 spiro atoms. The van der Waals surface area contributed by atoms with Crippen LogP contribution >= 0.6 is 0 Å². The standard InChI is InChI=1S/C24H28N8O7S/c1-30-6-7-31(22(34)14-30)13-17-9-16-3-2-5-32(23(16)28-20(17)15-33)24(35)29-21-10-19(18(11-25)12-27-21)26-4-8-39-40(36,37)38/h9-10,12,15H,2-8,13-14H2,1H3,(H,36,37,38)(H2,26,27,29,35). The molecule has 40 heavy (non-hydrogen) atoms. The van der Waals surface area contributed by atoms with E-state index < -0.39 is 23.0 Å². The highest BCUT2D eigenvalue weighted by atomic mass is 32.3. The van der Waals surface area contributed by atoms with Crippen molar-refractivity contribution in [3.63, 3.8) is 0 Å². The number of anilines is 3. The number of carbonyl (C=O) groups excluding carboxylic acids is 3. The van der Waals surface area contributed by atoms with Crippen LogP contribution in [0.15, 0.2) is 18.3 Å². The number of hydrogen-bond acceptors (Lipinski definition) is 11. The molecule has 0 saturated carbocycles. The number of aromatic nitrogens is 2. The third-order valence-electron chi connectivity index (χ3n) is 6.41. The average Bonchev–Trinajstić information content (AvgIpc) is 2.91. The van der Waals surface area contributed by atoms with Crippen molar-refractivity contribution in [2.75, 3.05) is 61.9 Å². The summed E-state index contributed by atoms with van der Waals surface area (Å²) in [7, 11) is -2.73. The largest absolute Gasteiger partial charge is 0.397 e. The number of nitrogens with one attached hydrogen (secondary N) is 2. The molecule has 0 unspecified atom stereocenters. The molecule has 15 nitrogen and oxygen atoms in total. The molecule has 2 aliphatic heterocycles. The molecule has 1 fully saturated rings. The normalized spacial score (nSPS) is 15.8. The first kappa shape index (κ1) is 28.8. The molecule has 0 aliphatic carbocycles. The summed E-state index contributed by atoms with van der Waals surface area (Å²) in [6.45, 7) is 1.72. The quantitative estimate of drug-likeness (QED) is 0.216. The van der Waals surface area contributed by atoms with Gasteiger partial charge in [0.25, 0.3) is 0 Å². The van der Waals surface area contributed by atoms with Crippen LogP contribution in [-0.2, 0) is 32.3 Å². The summed E-state index contributed by atoms with van der Waals surface area (Å²) < 4.78 is 34.3. The number of pyridine rings is 2. The number of urea groups is 1. The summed E-state index contributed by atoms with van der Waals surface area (Å²) >= 11 is 0. The third-order valence-corrected chi connectivity index (χ3v) is 6.88. The predicted octanol–water partition coefficient (Wildman–Crippen LogP) is 0.651. The van der Waals surface area contributed by atoms with Crippen LogP contribution in [0, 0.1) is 11.3 Å². The minimum Gasteiger partial charge on any atom is -0.381 e. The highest BCUT2D eigenvalue weighted by Gasteiger charge is 2.28. The first-order valence-corrected chi connectivity index (χ1v) is 13.7. The lowest BCUT2D eigenvalue weighted by molar-refractivity contribution is -0.136. The number of piperazine rings is 1. The Kier molecular flexibility index (Phi) is 8.90. The fourth-order valence-corrected chi connectivity index (χ4v) is 4.75. The summed E-state index contributed by atoms with van der Waals surface area (Å²) in [5.41, 5.74) is 1.95. The number of hydrogen-bond donors (Lipinski definition) is 3. The summed E-state index contributed by atoms with van der Waals surface area (Å²) in [5, 5.41) is 14.8. The molecule has 3 N–H and O–H groups in total. The van der Waals surface area contributed by atoms with Crippen molar-refractivity contribution in [1.82, 2.24) is 19.8 Å². The van der Waals surface area contributed by atoms with Gasteiger partial charge in [-0.15, -0.1) is 0 Å². The van der Waals surface area contributed by atoms with Gasteiger partial charge in [-0.3, -0.25) is 29.3 Å². The number of nitriles is 1. The number of likely N-dealkylation sites (N-methyl/N-ethyl adjacent to an activating group) is 1. The van der Waals surface area contributed by atoms with Gasteiger partial charge in [0.05, 0.1) is 24.4 Å². The number of rotatable bonds is 9. The van der Waals surface area contributed by atoms with Crippen LogP contribution in [0.4, 0.5) is 22.1 Å². The van der Waals surface area contributed by atoms with Crippen molar-refractivity contribution in [2.45, 2.75) is 19.4 Å². The predicted molar refractivity (Wildman–Crippen MR) is 142 cm³/mol. The summed E-state index contributed by atoms with van der Waals surface area (Å²) in [6.07, 6.45) is 3.15. The fraction of sp³-hybridized carbons (Fsp3) is 0.417. The van der Waals surface area contributed by atoms with Crippen LogP contribution in [0.25, 0.3) is 0 Å². The van der Waals surface area contributed by atoms with E-state index in [-0.39, 0.29) is 41.8 Å². The highest BCUT2D eigenvalue weighted by Crippen LogP contribution is 2.29. The zero-order valence-electron chi connectivity index (χ0n) is 21.7. The lowest BCUT2D eigenvalue weighted by Gasteiger charge is -2.33. The molecule has 212 valence electrons. The monoisotopic (exact) mass is 572 g/mol. The van der Waals surface area contributed by atoms with Gasteiger partial charge in [-0.2, -0.15) is 13.7 Å². The van der Waals surface area contributed by atoms with Crippen molar-refractivity contribution in [2.24, 2.45) is 0 Å². The first-order chi connectivity index (χ1) is 19.1. The minimum absolute atomic E-state index is 0.0287. The van der Waals surface area contributed by atoms with Crippen molar-refractivity contribution in [3.8, 4) is 6.07 Å². The number of amides is 3. The molecule has 3 amide bonds. The topological polar surface area (TPSA) is 198 Å². The van der Waals surface area contributed by atoms with Crippen molar-refractivity contribution in [1.29, 1.82) is 5.26 Å². The first-order valence-electron chi connectivity index (χ1n) is 12.4. The van der Waals surface area contributed by atoms with E-state index in [2.05, 4.69) is 24.8 Å². The van der Waals surface area contributed by atoms with Gasteiger partial charge in [0.1, 0.15) is 23.4 Å². The maximum absolute atomic E-state index is 13.2. The van der Waals surface area contributed by atoms with Gasteiger partial charge in [0.15, 0.2) is 6.29 Å². The second-order valence-corrected chi connectivity index (χ2v) is 10.4. The van der Waals surface area contributed by atoms with Crippen LogP contribution in [0.3, 0.4) is 0 Å². The van der Waals surface area contributed by atoms with Crippen LogP contribution in [0.2, 0.25) is 0 Å². The van der Waals surface area contributed by atoms with E-state index in [1.807, 2.05) is 24.1 Å². The van der Waals surface area contributed by atoms with Gasteiger partial charge in [-0.05, 0) is 31.5 Å². The van der Waals surface area contributed by atoms with Crippen LogP contribution in [0.5, 0.6) is 0 Å². The van der Waals surface area contributed by atoms with Gasteiger partial charge in [0, 0.05) is 50.6 Å². The number of aldehydes is 1. The summed E-state index contributed by atoms with van der Waals surface area (Å²) in [4.78, 5) is 51.2. The van der Waals surface area contributed by atoms with E-state index in [9.17, 15) is 28.1 Å². The molecule has 0 bridgehead atoms. The summed E-state index contributed by atoms with van der Waals surface area (Å²) in [6, 6.07) is 4.61. The Hall–Kier alpha value is -4.17. The second-order valence-electron chi connectivity index (χ2n) is 9.28. The Balaban J connectivity index is 1.49. The van der Waals surface area contributed by atoms with E-state index in [4.69, 9.17) is 4.55 Å². The summed E-state index contributed by atoms with van der Waals surface area (Å²) in [5.74, 6) is 0.419. The van der Waals surface area contributed by atoms with Gasteiger partial charge in [-0.1, -0.05) is 0 Å². The zero-order chi connectivity index (χ0) is 28.9. The smallest absolute Gasteiger partial charge is 0.381 e. The average molecular weight is 573 g/mol. The lowest BCUT2D eigenvalue weighted by Crippen LogP contribution is -2.48. The highest BCUT2D eigenvalue weighted by molar-refractivity contribution is 7.80. The number of carbonyl (C=O) groups is 3. The molecule has 2 aromatic rings. The van der Waals surface area contributed by atoms with Gasteiger partial charge < -0.3 is 10.2 Å². The third kappa shape index (κ3) is 7.07. The number of aryl methyl sites for hydroxylation is 1. The van der Waals surface area contributed by atoms with Crippen molar-refractivity contribution in [3.05, 3.63) is 40.7 Å². The van der Waals surface area contributed by atoms with E-state index in [1.165, 1.54) is 17.2 Å². The molecule has 0 atom stereocenters. The molecule has 16 heteroatoms. The molecule has 4 heterocycles. The molecule has 0 radical (unpaired) electrons. The molecule has 1 saturated heterocycles. The Morgan fingerprint density at radius 1 is 1.30 bits per heavy atom. The molecule has 2 aliphatic rings. The Morgan fingerprint density at radius 3 is 2.80 bits per heavy atom. The molecule has 0 aromatic carbocycles. The molecule has 2 aromatic heterocycles. The van der Waals surface area contributed by atoms with Crippen molar-refractivity contribution < 1.29 is 31.5 Å². The van der Waals surface area contributed by atoms with Gasteiger partial charge in [-0.25, -0.2) is 18.9 Å². The Labute approximate surface area is 230 Å². The fourth-order valence-electron chi connectivity index (χ4n) is 4.45. The number of nitrogens with zero attached hydrogens (tertiary/aromatic N) is 6. The minimum atomic E-state index is -4.60. The maximum Gasteiger partial charge on any atom is 0.397 e. The lowest BCUT2D eigenvalue weighted by atomic mass is 10.0. The van der Waals surface area contributed by atoms with Gasteiger partial charge >= 0.3 is 16.4 Å². The Morgan fingerprint density at radius 2 is 2.10 bits per heavy atom. The van der Waals surface area contributed by atoms with Gasteiger partial charge in [0.2, 0.25) is 5.91 Å². The maximum atomic E-state index is 13.2.